The monoisotopic (exact) mass is 341 g/mol. The highest BCUT2D eigenvalue weighted by Gasteiger charge is 2.15. The molecule has 6 heteroatoms. The number of carbonyl (C=O) groups is 1. The van der Waals surface area contributed by atoms with Crippen LogP contribution in [0.25, 0.3) is 0 Å². The summed E-state index contributed by atoms with van der Waals surface area (Å²) in [5.74, 6) is 0.990. The Kier molecular flexibility index (Phi) is 5.07. The van der Waals surface area contributed by atoms with E-state index < -0.39 is 5.97 Å². The molecule has 1 heterocycles. The van der Waals surface area contributed by atoms with Gasteiger partial charge in [-0.1, -0.05) is 12.1 Å². The number of anilines is 1. The molecule has 0 unspecified atom stereocenters. The van der Waals surface area contributed by atoms with Crippen molar-refractivity contribution >= 4 is 17.6 Å². The van der Waals surface area contributed by atoms with Crippen LogP contribution in [0.5, 0.6) is 0 Å². The lowest BCUT2D eigenvalue weighted by molar-refractivity contribution is 0.0599. The fourth-order valence-corrected chi connectivity index (χ4v) is 3.17. The Bertz CT molecular complexity index is 808. The van der Waals surface area contributed by atoms with Crippen LogP contribution < -0.4 is 11.1 Å². The normalized spacial score (nSPS) is 14.1. The highest BCUT2D eigenvalue weighted by Crippen LogP contribution is 2.27. The van der Waals surface area contributed by atoms with Crippen molar-refractivity contribution in [2.24, 2.45) is 10.7 Å². The molecule has 0 atom stereocenters. The first-order valence-electron chi connectivity index (χ1n) is 8.44. The highest BCUT2D eigenvalue weighted by molar-refractivity contribution is 5.93. The number of furan rings is 1. The molecule has 0 radical (unpaired) electrons. The number of hydrogen-bond acceptors (Lipinski definition) is 4. The van der Waals surface area contributed by atoms with Crippen LogP contribution in [0.3, 0.4) is 0 Å². The molecule has 0 aliphatic heterocycles. The zero-order chi connectivity index (χ0) is 17.8. The van der Waals surface area contributed by atoms with Gasteiger partial charge < -0.3 is 20.2 Å². The molecule has 132 valence electrons. The number of aryl methyl sites for hydroxylation is 2. The Morgan fingerprint density at radius 3 is 2.96 bits per heavy atom. The number of hydrogen-bond donors (Lipinski definition) is 2. The number of nitrogens with two attached hydrogens (primary N) is 1. The lowest BCUT2D eigenvalue weighted by atomic mass is 9.90. The lowest BCUT2D eigenvalue weighted by Crippen LogP contribution is -2.24. The van der Waals surface area contributed by atoms with Gasteiger partial charge in [0.1, 0.15) is 23.6 Å². The van der Waals surface area contributed by atoms with E-state index in [2.05, 4.69) is 16.4 Å². The van der Waals surface area contributed by atoms with E-state index in [4.69, 9.17) is 14.9 Å². The number of carbonyl (C=O) groups excluding carboxylic acids is 1. The number of nitrogens with one attached hydrogen (secondary N) is 1. The van der Waals surface area contributed by atoms with Gasteiger partial charge in [-0.3, -0.25) is 0 Å². The van der Waals surface area contributed by atoms with E-state index in [1.807, 2.05) is 12.1 Å². The summed E-state index contributed by atoms with van der Waals surface area (Å²) in [6.45, 7) is 1.98. The van der Waals surface area contributed by atoms with Gasteiger partial charge in [0.05, 0.1) is 7.11 Å². The van der Waals surface area contributed by atoms with Crippen LogP contribution in [0.1, 0.15) is 45.8 Å². The summed E-state index contributed by atoms with van der Waals surface area (Å²) in [4.78, 5) is 15.9. The van der Waals surface area contributed by atoms with Gasteiger partial charge in [-0.05, 0) is 55.9 Å². The number of methoxy groups -OCH3 is 1. The highest BCUT2D eigenvalue weighted by atomic mass is 16.5. The summed E-state index contributed by atoms with van der Waals surface area (Å²) in [7, 11) is 1.34. The first kappa shape index (κ1) is 17.1. The fourth-order valence-electron chi connectivity index (χ4n) is 3.17. The molecule has 0 spiro atoms. The SMILES string of the molecule is COC(=O)c1cc(CN=C(N)Nc2cccc3c2CCCC3)oc1C. The molecule has 25 heavy (non-hydrogen) atoms. The third kappa shape index (κ3) is 3.84. The molecule has 6 nitrogen and oxygen atoms in total. The molecule has 0 saturated carbocycles. The number of fused-ring (bicyclic) bond motifs is 1. The van der Waals surface area contributed by atoms with Gasteiger partial charge in [-0.15, -0.1) is 0 Å². The van der Waals surface area contributed by atoms with Crippen LogP contribution in [0.4, 0.5) is 5.69 Å². The van der Waals surface area contributed by atoms with E-state index >= 15 is 0 Å². The minimum Gasteiger partial charge on any atom is -0.465 e. The Hall–Kier alpha value is -2.76. The molecule has 0 fully saturated rings. The van der Waals surface area contributed by atoms with E-state index in [-0.39, 0.29) is 6.54 Å². The first-order valence-corrected chi connectivity index (χ1v) is 8.44. The van der Waals surface area contributed by atoms with Crippen LogP contribution in [-0.4, -0.2) is 19.0 Å². The average Bonchev–Trinajstić information content (AvgIpc) is 3.00. The minimum absolute atomic E-state index is 0.256. The second-order valence-electron chi connectivity index (χ2n) is 6.15. The quantitative estimate of drug-likeness (QED) is 0.506. The summed E-state index contributed by atoms with van der Waals surface area (Å²) >= 11 is 0. The number of benzene rings is 1. The summed E-state index contributed by atoms with van der Waals surface area (Å²) in [6, 6.07) is 7.88. The largest absolute Gasteiger partial charge is 0.465 e. The summed E-state index contributed by atoms with van der Waals surface area (Å²) < 4.78 is 10.3. The van der Waals surface area contributed by atoms with E-state index in [9.17, 15) is 4.79 Å². The molecule has 1 aromatic carbocycles. The molecule has 0 saturated heterocycles. The van der Waals surface area contributed by atoms with E-state index in [1.54, 1.807) is 13.0 Å². The topological polar surface area (TPSA) is 89.8 Å². The summed E-state index contributed by atoms with van der Waals surface area (Å²) in [6.07, 6.45) is 4.61. The molecule has 1 aliphatic rings. The number of nitrogens with zero attached hydrogens (tertiary/aromatic N) is 1. The lowest BCUT2D eigenvalue weighted by Gasteiger charge is -2.19. The van der Waals surface area contributed by atoms with Crippen molar-refractivity contribution < 1.29 is 13.9 Å². The smallest absolute Gasteiger partial charge is 0.341 e. The van der Waals surface area contributed by atoms with Crippen molar-refractivity contribution in [3.05, 3.63) is 52.5 Å². The van der Waals surface area contributed by atoms with Crippen molar-refractivity contribution in [3.63, 3.8) is 0 Å². The van der Waals surface area contributed by atoms with Crippen LogP contribution in [0.2, 0.25) is 0 Å². The number of aliphatic imine (C=N–C) groups is 1. The second kappa shape index (κ2) is 7.42. The molecule has 3 N–H and O–H groups in total. The van der Waals surface area contributed by atoms with Crippen molar-refractivity contribution in [3.8, 4) is 0 Å². The molecular weight excluding hydrogens is 318 g/mol. The van der Waals surface area contributed by atoms with Gasteiger partial charge in [0.25, 0.3) is 0 Å². The Morgan fingerprint density at radius 2 is 2.16 bits per heavy atom. The predicted molar refractivity (Wildman–Crippen MR) is 96.8 cm³/mol. The van der Waals surface area contributed by atoms with Crippen molar-refractivity contribution in [1.82, 2.24) is 0 Å². The maximum Gasteiger partial charge on any atom is 0.341 e. The molecule has 1 aromatic heterocycles. The van der Waals surface area contributed by atoms with Crippen molar-refractivity contribution in [2.45, 2.75) is 39.2 Å². The van der Waals surface area contributed by atoms with E-state index in [1.165, 1.54) is 31.1 Å². The number of esters is 1. The van der Waals surface area contributed by atoms with E-state index in [0.29, 0.717) is 23.0 Å². The molecule has 0 bridgehead atoms. The van der Waals surface area contributed by atoms with Crippen LogP contribution >= 0.6 is 0 Å². The van der Waals surface area contributed by atoms with Gasteiger partial charge >= 0.3 is 5.97 Å². The maximum atomic E-state index is 11.6. The zero-order valence-electron chi connectivity index (χ0n) is 14.6. The fraction of sp³-hybridized carbons (Fsp3) is 0.368. The minimum atomic E-state index is -0.418. The third-order valence-electron chi connectivity index (χ3n) is 4.44. The van der Waals surface area contributed by atoms with Crippen molar-refractivity contribution in [2.75, 3.05) is 12.4 Å². The molecule has 3 rings (SSSR count). The van der Waals surface area contributed by atoms with Gasteiger partial charge in [0.15, 0.2) is 5.96 Å². The van der Waals surface area contributed by atoms with Gasteiger partial charge in [0, 0.05) is 5.69 Å². The maximum absolute atomic E-state index is 11.6. The standard InChI is InChI=1S/C19H23N3O3/c1-12-16(18(23)24-2)10-14(25-12)11-21-19(20)22-17-9-5-7-13-6-3-4-8-15(13)17/h5,7,9-10H,3-4,6,8,11H2,1-2H3,(H3,20,21,22). The van der Waals surface area contributed by atoms with Crippen LogP contribution in [-0.2, 0) is 24.1 Å². The second-order valence-corrected chi connectivity index (χ2v) is 6.15. The Morgan fingerprint density at radius 1 is 1.36 bits per heavy atom. The van der Waals surface area contributed by atoms with E-state index in [0.717, 1.165) is 18.5 Å². The first-order chi connectivity index (χ1) is 12.1. The van der Waals surface area contributed by atoms with Gasteiger partial charge in [-0.2, -0.15) is 0 Å². The molecular formula is C19H23N3O3. The summed E-state index contributed by atoms with van der Waals surface area (Å²) in [5.41, 5.74) is 10.2. The van der Waals surface area contributed by atoms with Crippen molar-refractivity contribution in [1.29, 1.82) is 0 Å². The summed E-state index contributed by atoms with van der Waals surface area (Å²) in [5, 5.41) is 3.19. The number of rotatable bonds is 4. The molecule has 2 aromatic rings. The third-order valence-corrected chi connectivity index (χ3v) is 4.44. The number of guanidine groups is 1. The van der Waals surface area contributed by atoms with Crippen LogP contribution in [0.15, 0.2) is 33.7 Å². The van der Waals surface area contributed by atoms with Gasteiger partial charge in [-0.25, -0.2) is 9.79 Å². The Balaban J connectivity index is 1.70. The molecule has 1 aliphatic carbocycles. The Labute approximate surface area is 147 Å². The van der Waals surface area contributed by atoms with Gasteiger partial charge in [0.2, 0.25) is 0 Å². The zero-order valence-corrected chi connectivity index (χ0v) is 14.6. The average molecular weight is 341 g/mol. The van der Waals surface area contributed by atoms with Crippen LogP contribution in [0, 0.1) is 6.92 Å². The number of ether oxygens (including phenoxy) is 1. The predicted octanol–water partition coefficient (Wildman–Crippen LogP) is 3.18. The molecule has 0 amide bonds.